The first-order chi connectivity index (χ1) is 30.5. The van der Waals surface area contributed by atoms with Gasteiger partial charge in [0.15, 0.2) is 11.3 Å². The molecule has 13 nitrogen and oxygen atoms in total. The van der Waals surface area contributed by atoms with Crippen LogP contribution in [0.3, 0.4) is 0 Å². The zero-order valence-electron chi connectivity index (χ0n) is 43.0. The number of nitrogens with zero attached hydrogens (tertiary/aromatic N) is 7. The van der Waals surface area contributed by atoms with Gasteiger partial charge in [-0.3, -0.25) is 23.1 Å². The molecular formula is C51H71IN7NaO6. The number of amides is 1. The number of carbonyl (C=O) groups is 2. The molecule has 0 bridgehead atoms. The van der Waals surface area contributed by atoms with Crippen LogP contribution >= 0.6 is 22.6 Å². The van der Waals surface area contributed by atoms with Crippen LogP contribution in [0.4, 0.5) is 4.79 Å². The topological polar surface area (TPSA) is 135 Å². The summed E-state index contributed by atoms with van der Waals surface area (Å²) >= 11 is 2.15. The maximum atomic E-state index is 12.8. The molecule has 6 rings (SSSR count). The van der Waals surface area contributed by atoms with Crippen LogP contribution < -0.4 is 40.9 Å². The second-order valence-electron chi connectivity index (χ2n) is 19.9. The summed E-state index contributed by atoms with van der Waals surface area (Å²) in [7, 11) is 5.25. The van der Waals surface area contributed by atoms with Crippen molar-refractivity contribution in [2.45, 2.75) is 102 Å². The Hall–Kier alpha value is -4.25. The predicted octanol–water partition coefficient (Wildman–Crippen LogP) is 7.42. The van der Waals surface area contributed by atoms with E-state index in [9.17, 15) is 19.2 Å². The summed E-state index contributed by atoms with van der Waals surface area (Å²) in [5.41, 5.74) is 8.39. The van der Waals surface area contributed by atoms with Crippen molar-refractivity contribution in [1.82, 2.24) is 33.1 Å². The Balaban J connectivity index is 0.000000431. The molecule has 0 unspecified atom stereocenters. The Bertz CT molecular complexity index is 2690. The van der Waals surface area contributed by atoms with E-state index >= 15 is 0 Å². The molecule has 4 heterocycles. The van der Waals surface area contributed by atoms with Crippen LogP contribution in [0.15, 0.2) is 82.4 Å². The van der Waals surface area contributed by atoms with Gasteiger partial charge in [-0.25, -0.2) is 24.4 Å². The standard InChI is InChI=1S/C25H34N4O3.C25H33N3O3.CH3I.Na.H/c1-17(2)15-32-24(31)27(6)14-18-9-8-10-19(13-18)20-11-12-21-22(26-20)28(7)23(30)29(21)16-25(3,4)5;1-17(2)15-31-22(29)13-10-18-8-7-9-19(14-18)20-11-12-21-23(26-20)27(6)24(30)28(21)16-25(3,4)5;1-2;;/h8-13,17H,14-16H2,1-7H3;7-9,11-12,14,17H,10,13,15-16H2,1-6H3;1H3;;/q;;;+1;-1. The molecule has 0 aliphatic carbocycles. The molecule has 15 heteroatoms. The van der Waals surface area contributed by atoms with Gasteiger partial charge in [0.1, 0.15) is 0 Å². The van der Waals surface area contributed by atoms with Crippen molar-refractivity contribution in [3.63, 3.8) is 0 Å². The van der Waals surface area contributed by atoms with E-state index in [1.165, 1.54) is 0 Å². The molecule has 2 aromatic carbocycles. The van der Waals surface area contributed by atoms with Crippen LogP contribution in [-0.4, -0.2) is 70.4 Å². The normalized spacial score (nSPS) is 11.5. The maximum Gasteiger partial charge on any atom is 1.00 e. The number of aromatic nitrogens is 6. The third-order valence-electron chi connectivity index (χ3n) is 10.1. The molecule has 6 aromatic rings. The van der Waals surface area contributed by atoms with Gasteiger partial charge in [-0.2, -0.15) is 0 Å². The van der Waals surface area contributed by atoms with Crippen LogP contribution in [0.2, 0.25) is 0 Å². The molecule has 0 aliphatic heterocycles. The Morgan fingerprint density at radius 3 is 1.55 bits per heavy atom. The van der Waals surface area contributed by atoms with Crippen LogP contribution in [0.25, 0.3) is 44.8 Å². The number of fused-ring (bicyclic) bond motifs is 2. The number of imidazole rings is 2. The van der Waals surface area contributed by atoms with Gasteiger partial charge in [-0.05, 0) is 81.5 Å². The van der Waals surface area contributed by atoms with E-state index in [0.29, 0.717) is 68.8 Å². The number of esters is 1. The van der Waals surface area contributed by atoms with Crippen molar-refractivity contribution in [1.29, 1.82) is 0 Å². The van der Waals surface area contributed by atoms with Gasteiger partial charge in [-0.1, -0.05) is 128 Å². The number of hydrogen-bond acceptors (Lipinski definition) is 8. The first kappa shape index (κ1) is 56.1. The first-order valence-electron chi connectivity index (χ1n) is 22.2. The molecule has 354 valence electrons. The molecule has 4 aromatic heterocycles. The summed E-state index contributed by atoms with van der Waals surface area (Å²) < 4.78 is 17.4. The van der Waals surface area contributed by atoms with Gasteiger partial charge in [0.2, 0.25) is 0 Å². The predicted molar refractivity (Wildman–Crippen MR) is 273 cm³/mol. The molecule has 0 N–H and O–H groups in total. The fourth-order valence-electron chi connectivity index (χ4n) is 7.10. The summed E-state index contributed by atoms with van der Waals surface area (Å²) in [4.78, 5) is 62.8. The van der Waals surface area contributed by atoms with Gasteiger partial charge in [0.05, 0.1) is 35.6 Å². The number of ether oxygens (including phenoxy) is 2. The van der Waals surface area contributed by atoms with Gasteiger partial charge in [-0.15, -0.1) is 0 Å². The zero-order chi connectivity index (χ0) is 48.4. The number of halogens is 1. The Labute approximate surface area is 428 Å². The number of rotatable bonds is 13. The second-order valence-corrected chi connectivity index (χ2v) is 19.9. The molecule has 0 atom stereocenters. The number of alkyl halides is 1. The summed E-state index contributed by atoms with van der Waals surface area (Å²) in [6.07, 6.45) is 0.638. The van der Waals surface area contributed by atoms with Crippen molar-refractivity contribution in [2.24, 2.45) is 36.8 Å². The average Bonchev–Trinajstić information content (AvgIpc) is 3.62. The van der Waals surface area contributed by atoms with E-state index in [1.807, 2.05) is 105 Å². The summed E-state index contributed by atoms with van der Waals surface area (Å²) in [5.74, 6) is 0.460. The van der Waals surface area contributed by atoms with Crippen LogP contribution in [0.1, 0.15) is 88.2 Å². The quantitative estimate of drug-likeness (QED) is 0.0505. The zero-order valence-corrected chi connectivity index (χ0v) is 46.1. The van der Waals surface area contributed by atoms with Gasteiger partial charge in [0.25, 0.3) is 0 Å². The number of carbonyl (C=O) groups excluding carboxylic acids is 2. The monoisotopic (exact) mass is 1030 g/mol. The van der Waals surface area contributed by atoms with Crippen LogP contribution in [0.5, 0.6) is 0 Å². The van der Waals surface area contributed by atoms with E-state index < -0.39 is 0 Å². The van der Waals surface area contributed by atoms with Crippen molar-refractivity contribution < 1.29 is 50.0 Å². The van der Waals surface area contributed by atoms with Crippen LogP contribution in [0, 0.1) is 22.7 Å². The molecule has 0 radical (unpaired) electrons. The maximum absolute atomic E-state index is 12.8. The van der Waals surface area contributed by atoms with Crippen molar-refractivity contribution >= 4 is 57.0 Å². The van der Waals surface area contributed by atoms with E-state index in [-0.39, 0.29) is 65.3 Å². The number of benzene rings is 2. The SMILES string of the molecule is CC(C)COC(=O)CCc1cccc(-c2ccc3c(n2)n(C)c(=O)n3CC(C)(C)C)c1.CC(C)COC(=O)N(C)Cc1cccc(-c2ccc3c(n2)n(C)c(=O)n3CC(C)(C)C)c1.CI.[H-].[Na+]. The van der Waals surface area contributed by atoms with Gasteiger partial charge >= 0.3 is 53.0 Å². The molecule has 66 heavy (non-hydrogen) atoms. The van der Waals surface area contributed by atoms with Crippen molar-refractivity contribution in [2.75, 3.05) is 25.2 Å². The number of aryl methyl sites for hydroxylation is 3. The van der Waals surface area contributed by atoms with Gasteiger partial charge < -0.3 is 15.8 Å². The third kappa shape index (κ3) is 15.7. The first-order valence-corrected chi connectivity index (χ1v) is 24.4. The van der Waals surface area contributed by atoms with E-state index in [0.717, 1.165) is 44.7 Å². The Morgan fingerprint density at radius 1 is 0.682 bits per heavy atom. The fraction of sp³-hybridized carbons (Fsp3) is 0.490. The molecular weight excluding hydrogens is 956 g/mol. The minimum absolute atomic E-state index is 0. The smallest absolute Gasteiger partial charge is 1.00 e. The summed E-state index contributed by atoms with van der Waals surface area (Å²) in [6, 6.07) is 23.8. The number of pyridine rings is 2. The second kappa shape index (κ2) is 24.7. The number of hydrogen-bond donors (Lipinski definition) is 0. The molecule has 0 fully saturated rings. The van der Waals surface area contributed by atoms with E-state index in [1.54, 1.807) is 44.3 Å². The Kier molecular flexibility index (Phi) is 21.0. The molecule has 1 amide bonds. The molecule has 0 saturated heterocycles. The summed E-state index contributed by atoms with van der Waals surface area (Å²) in [5, 5.41) is 0. The van der Waals surface area contributed by atoms with Crippen molar-refractivity contribution in [3.05, 3.63) is 105 Å². The summed E-state index contributed by atoms with van der Waals surface area (Å²) in [6.45, 7) is 23.3. The minimum atomic E-state index is -0.334. The van der Waals surface area contributed by atoms with Crippen LogP contribution in [-0.2, 0) is 54.4 Å². The largest absolute Gasteiger partial charge is 1.00 e. The van der Waals surface area contributed by atoms with Crippen molar-refractivity contribution in [3.8, 4) is 22.5 Å². The fourth-order valence-corrected chi connectivity index (χ4v) is 7.10. The van der Waals surface area contributed by atoms with E-state index in [2.05, 4.69) is 64.1 Å². The molecule has 0 aliphatic rings. The molecule has 0 saturated carbocycles. The third-order valence-corrected chi connectivity index (χ3v) is 10.1. The van der Waals surface area contributed by atoms with E-state index in [4.69, 9.17) is 19.4 Å². The van der Waals surface area contributed by atoms with Gasteiger partial charge in [0, 0.05) is 58.3 Å². The Morgan fingerprint density at radius 2 is 1.11 bits per heavy atom. The minimum Gasteiger partial charge on any atom is -1.00 e. The molecule has 0 spiro atoms. The average molecular weight is 1030 g/mol.